The Hall–Kier alpha value is -3.48. The Morgan fingerprint density at radius 2 is 1.73 bits per heavy atom. The van der Waals surface area contributed by atoms with Crippen LogP contribution in [0.1, 0.15) is 30.0 Å². The van der Waals surface area contributed by atoms with Gasteiger partial charge in [0.05, 0.1) is 11.6 Å². The lowest BCUT2D eigenvalue weighted by molar-refractivity contribution is 0.404. The topological polar surface area (TPSA) is 54.2 Å². The normalized spacial score (nSPS) is 16.2. The zero-order chi connectivity index (χ0) is 22.9. The molecule has 2 heterocycles. The van der Waals surface area contributed by atoms with Crippen molar-refractivity contribution in [3.63, 3.8) is 0 Å². The van der Waals surface area contributed by atoms with E-state index < -0.39 is 0 Å². The van der Waals surface area contributed by atoms with E-state index in [1.807, 2.05) is 54.3 Å². The molecule has 0 bridgehead atoms. The van der Waals surface area contributed by atoms with Crippen molar-refractivity contribution in [2.75, 3.05) is 4.90 Å². The molecule has 7 heteroatoms. The van der Waals surface area contributed by atoms with Gasteiger partial charge in [0.2, 0.25) is 5.82 Å². The number of benzene rings is 3. The van der Waals surface area contributed by atoms with E-state index in [0.717, 1.165) is 28.1 Å². The zero-order valence-corrected chi connectivity index (χ0v) is 19.7. The molecule has 4 aromatic rings. The highest BCUT2D eigenvalue weighted by molar-refractivity contribution is 7.80. The Morgan fingerprint density at radius 1 is 0.970 bits per heavy atom. The van der Waals surface area contributed by atoms with Crippen molar-refractivity contribution in [2.24, 2.45) is 0 Å². The molecule has 0 amide bonds. The van der Waals surface area contributed by atoms with E-state index >= 15 is 0 Å². The van der Waals surface area contributed by atoms with E-state index in [4.69, 9.17) is 33.3 Å². The Morgan fingerprint density at radius 3 is 2.45 bits per heavy atom. The van der Waals surface area contributed by atoms with Crippen LogP contribution in [-0.4, -0.2) is 15.3 Å². The molecule has 164 valence electrons. The van der Waals surface area contributed by atoms with Gasteiger partial charge in [0.1, 0.15) is 0 Å². The second-order valence-corrected chi connectivity index (χ2v) is 8.72. The number of nitrogens with one attached hydrogen (secondary N) is 1. The molecule has 1 aromatic heterocycles. The summed E-state index contributed by atoms with van der Waals surface area (Å²) in [4.78, 5) is 6.74. The first-order valence-electron chi connectivity index (χ1n) is 10.5. The SMILES string of the molecule is CC1=C(c2nc(-c3cccc(Cl)c3)no2)C(c2ccccc2)NC(=S)N1c1ccc(C)cc1. The van der Waals surface area contributed by atoms with Gasteiger partial charge in [-0.3, -0.25) is 4.90 Å². The first-order chi connectivity index (χ1) is 16.0. The highest BCUT2D eigenvalue weighted by Gasteiger charge is 2.34. The summed E-state index contributed by atoms with van der Waals surface area (Å²) in [6, 6.07) is 25.5. The van der Waals surface area contributed by atoms with Gasteiger partial charge in [-0.2, -0.15) is 4.98 Å². The number of nitrogens with zero attached hydrogens (tertiary/aromatic N) is 3. The van der Waals surface area contributed by atoms with Gasteiger partial charge in [-0.15, -0.1) is 0 Å². The molecule has 1 unspecified atom stereocenters. The largest absolute Gasteiger partial charge is 0.351 e. The summed E-state index contributed by atoms with van der Waals surface area (Å²) in [5.41, 5.74) is 5.80. The first-order valence-corrected chi connectivity index (χ1v) is 11.3. The number of halogens is 1. The number of thiocarbonyl (C=S) groups is 1. The van der Waals surface area contributed by atoms with Gasteiger partial charge in [-0.25, -0.2) is 0 Å². The van der Waals surface area contributed by atoms with Crippen molar-refractivity contribution in [2.45, 2.75) is 19.9 Å². The van der Waals surface area contributed by atoms with Crippen molar-refractivity contribution in [1.29, 1.82) is 0 Å². The number of anilines is 1. The quantitative estimate of drug-likeness (QED) is 0.339. The third kappa shape index (κ3) is 4.15. The average Bonchev–Trinajstić information content (AvgIpc) is 3.30. The lowest BCUT2D eigenvalue weighted by atomic mass is 9.94. The molecule has 0 saturated heterocycles. The van der Waals surface area contributed by atoms with Gasteiger partial charge in [0.25, 0.3) is 5.89 Å². The predicted octanol–water partition coefficient (Wildman–Crippen LogP) is 6.57. The maximum Gasteiger partial charge on any atom is 0.258 e. The molecule has 1 atom stereocenters. The van der Waals surface area contributed by atoms with E-state index in [-0.39, 0.29) is 6.04 Å². The second kappa shape index (κ2) is 8.81. The highest BCUT2D eigenvalue weighted by Crippen LogP contribution is 2.39. The Balaban J connectivity index is 1.65. The fourth-order valence-corrected chi connectivity index (χ4v) is 4.55. The van der Waals surface area contributed by atoms with E-state index in [9.17, 15) is 0 Å². The van der Waals surface area contributed by atoms with Gasteiger partial charge < -0.3 is 9.84 Å². The number of aryl methyl sites for hydroxylation is 1. The third-order valence-electron chi connectivity index (χ3n) is 5.65. The summed E-state index contributed by atoms with van der Waals surface area (Å²) in [6.07, 6.45) is 0. The van der Waals surface area contributed by atoms with E-state index in [1.54, 1.807) is 0 Å². The van der Waals surface area contributed by atoms with Crippen molar-refractivity contribution < 1.29 is 4.52 Å². The molecule has 1 N–H and O–H groups in total. The van der Waals surface area contributed by atoms with Crippen LogP contribution in [0.5, 0.6) is 0 Å². The van der Waals surface area contributed by atoms with Crippen LogP contribution < -0.4 is 10.2 Å². The second-order valence-electron chi connectivity index (χ2n) is 7.90. The molecule has 5 rings (SSSR count). The number of hydrogen-bond donors (Lipinski definition) is 1. The summed E-state index contributed by atoms with van der Waals surface area (Å²) in [7, 11) is 0. The zero-order valence-electron chi connectivity index (χ0n) is 18.1. The number of allylic oxidation sites excluding steroid dienone is 1. The summed E-state index contributed by atoms with van der Waals surface area (Å²) in [6.45, 7) is 4.09. The summed E-state index contributed by atoms with van der Waals surface area (Å²) >= 11 is 12.0. The Kier molecular flexibility index (Phi) is 5.70. The van der Waals surface area contributed by atoms with Crippen LogP contribution in [0.4, 0.5) is 5.69 Å². The average molecular weight is 473 g/mol. The monoisotopic (exact) mass is 472 g/mol. The molecule has 0 saturated carbocycles. The first kappa shape index (κ1) is 21.4. The van der Waals surface area contributed by atoms with Crippen molar-refractivity contribution in [3.05, 3.63) is 107 Å². The van der Waals surface area contributed by atoms with Gasteiger partial charge >= 0.3 is 0 Å². The lowest BCUT2D eigenvalue weighted by Crippen LogP contribution is -2.46. The van der Waals surface area contributed by atoms with Gasteiger partial charge in [0.15, 0.2) is 5.11 Å². The number of rotatable bonds is 4. The number of aromatic nitrogens is 2. The molecule has 1 aliphatic heterocycles. The van der Waals surface area contributed by atoms with Crippen LogP contribution in [0.3, 0.4) is 0 Å². The molecule has 0 aliphatic carbocycles. The third-order valence-corrected chi connectivity index (χ3v) is 6.18. The van der Waals surface area contributed by atoms with E-state index in [2.05, 4.69) is 53.8 Å². The van der Waals surface area contributed by atoms with Gasteiger partial charge in [-0.05, 0) is 55.9 Å². The minimum Gasteiger partial charge on any atom is -0.351 e. The van der Waals surface area contributed by atoms with Crippen molar-refractivity contribution >= 4 is 40.2 Å². The van der Waals surface area contributed by atoms with Crippen LogP contribution in [0.2, 0.25) is 5.02 Å². The summed E-state index contributed by atoms with van der Waals surface area (Å²) in [5.74, 6) is 0.915. The molecule has 33 heavy (non-hydrogen) atoms. The van der Waals surface area contributed by atoms with Crippen LogP contribution in [0, 0.1) is 6.92 Å². The van der Waals surface area contributed by atoms with Crippen LogP contribution >= 0.6 is 23.8 Å². The maximum atomic E-state index is 6.16. The minimum absolute atomic E-state index is 0.229. The molecule has 0 spiro atoms. The Bertz CT molecular complexity index is 1350. The van der Waals surface area contributed by atoms with Gasteiger partial charge in [0, 0.05) is 22.0 Å². The maximum absolute atomic E-state index is 6.16. The molecular weight excluding hydrogens is 452 g/mol. The van der Waals surface area contributed by atoms with E-state index in [0.29, 0.717) is 21.9 Å². The number of hydrogen-bond acceptors (Lipinski definition) is 4. The fourth-order valence-electron chi connectivity index (χ4n) is 4.00. The molecule has 0 radical (unpaired) electrons. The van der Waals surface area contributed by atoms with E-state index in [1.165, 1.54) is 5.56 Å². The van der Waals surface area contributed by atoms with Crippen molar-refractivity contribution in [1.82, 2.24) is 15.5 Å². The molecule has 1 aliphatic rings. The standard InChI is InChI=1S/C26H21ClN4OS/c1-16-11-13-21(14-12-16)31-17(2)22(23(28-26(31)33)18-7-4-3-5-8-18)25-29-24(30-32-25)19-9-6-10-20(27)15-19/h3-15,23H,1-2H3,(H,28,33). The van der Waals surface area contributed by atoms with Crippen LogP contribution in [0.15, 0.2) is 89.1 Å². The molecule has 5 nitrogen and oxygen atoms in total. The Labute approximate surface area is 202 Å². The fraction of sp³-hybridized carbons (Fsp3) is 0.115. The van der Waals surface area contributed by atoms with Crippen molar-refractivity contribution in [3.8, 4) is 11.4 Å². The molecule has 0 fully saturated rings. The smallest absolute Gasteiger partial charge is 0.258 e. The molecular formula is C26H21ClN4OS. The van der Waals surface area contributed by atoms with Crippen LogP contribution in [0.25, 0.3) is 17.0 Å². The van der Waals surface area contributed by atoms with Crippen LogP contribution in [-0.2, 0) is 0 Å². The predicted molar refractivity (Wildman–Crippen MR) is 136 cm³/mol. The minimum atomic E-state index is -0.229. The highest BCUT2D eigenvalue weighted by atomic mass is 35.5. The molecule has 3 aromatic carbocycles. The van der Waals surface area contributed by atoms with Gasteiger partial charge in [-0.1, -0.05) is 76.9 Å². The lowest BCUT2D eigenvalue weighted by Gasteiger charge is -2.37. The summed E-state index contributed by atoms with van der Waals surface area (Å²) < 4.78 is 5.79. The summed E-state index contributed by atoms with van der Waals surface area (Å²) in [5, 5.41) is 8.95.